The van der Waals surface area contributed by atoms with Crippen LogP contribution < -0.4 is 9.47 Å². The van der Waals surface area contributed by atoms with Gasteiger partial charge >= 0.3 is 5.97 Å². The lowest BCUT2D eigenvalue weighted by molar-refractivity contribution is -0.157. The van der Waals surface area contributed by atoms with Gasteiger partial charge in [0, 0.05) is 10.6 Å². The van der Waals surface area contributed by atoms with E-state index in [-0.39, 0.29) is 18.1 Å². The van der Waals surface area contributed by atoms with E-state index in [0.717, 1.165) is 5.56 Å². The zero-order chi connectivity index (χ0) is 20.5. The summed E-state index contributed by atoms with van der Waals surface area (Å²) in [6, 6.07) is 10.4. The van der Waals surface area contributed by atoms with Crippen LogP contribution in [0, 0.1) is 6.92 Å². The van der Waals surface area contributed by atoms with Gasteiger partial charge in [0.15, 0.2) is 12.4 Å². The van der Waals surface area contributed by atoms with Gasteiger partial charge in [0.1, 0.15) is 17.1 Å². The predicted molar refractivity (Wildman–Crippen MR) is 107 cm³/mol. The highest BCUT2D eigenvalue weighted by atomic mass is 35.5. The van der Waals surface area contributed by atoms with Crippen molar-refractivity contribution in [3.05, 3.63) is 63.9 Å². The second kappa shape index (κ2) is 7.68. The van der Waals surface area contributed by atoms with Crippen LogP contribution in [0.1, 0.15) is 42.3 Å². The first-order chi connectivity index (χ1) is 13.1. The maximum atomic E-state index is 12.6. The zero-order valence-corrected chi connectivity index (χ0v) is 16.9. The van der Waals surface area contributed by atoms with E-state index in [9.17, 15) is 9.59 Å². The first-order valence-corrected chi connectivity index (χ1v) is 9.20. The Labute approximate surface area is 168 Å². The third-order valence-electron chi connectivity index (χ3n) is 3.95. The van der Waals surface area contributed by atoms with Gasteiger partial charge in [0.2, 0.25) is 5.78 Å². The minimum absolute atomic E-state index is 0.211. The average Bonchev–Trinajstić information content (AvgIpc) is 2.90. The molecule has 0 aromatic heterocycles. The van der Waals surface area contributed by atoms with Crippen molar-refractivity contribution in [3.63, 3.8) is 0 Å². The number of benzene rings is 2. The molecule has 0 saturated heterocycles. The molecule has 5 nitrogen and oxygen atoms in total. The molecule has 1 aliphatic heterocycles. The lowest BCUT2D eigenvalue weighted by Gasteiger charge is -2.19. The van der Waals surface area contributed by atoms with Crippen molar-refractivity contribution < 1.29 is 23.8 Å². The van der Waals surface area contributed by atoms with Crippen LogP contribution in [-0.4, -0.2) is 24.0 Å². The van der Waals surface area contributed by atoms with Gasteiger partial charge in [-0.3, -0.25) is 4.79 Å². The highest BCUT2D eigenvalue weighted by molar-refractivity contribution is 6.30. The predicted octanol–water partition coefficient (Wildman–Crippen LogP) is 4.99. The van der Waals surface area contributed by atoms with Crippen LogP contribution >= 0.6 is 11.6 Å². The molecule has 0 atom stereocenters. The van der Waals surface area contributed by atoms with Gasteiger partial charge in [-0.1, -0.05) is 23.7 Å². The molecule has 0 aliphatic carbocycles. The number of allylic oxidation sites excluding steroid dienone is 1. The van der Waals surface area contributed by atoms with Crippen molar-refractivity contribution in [1.29, 1.82) is 0 Å². The number of rotatable bonds is 4. The highest BCUT2D eigenvalue weighted by Gasteiger charge is 2.30. The summed E-state index contributed by atoms with van der Waals surface area (Å²) in [4.78, 5) is 24.5. The van der Waals surface area contributed by atoms with E-state index in [0.29, 0.717) is 27.6 Å². The molecule has 0 saturated carbocycles. The number of hydrogen-bond donors (Lipinski definition) is 0. The molecule has 146 valence electrons. The average molecular weight is 401 g/mol. The third kappa shape index (κ3) is 4.54. The summed E-state index contributed by atoms with van der Waals surface area (Å²) in [5.74, 6) is 0.425. The summed E-state index contributed by atoms with van der Waals surface area (Å²) in [6.45, 7) is 6.92. The van der Waals surface area contributed by atoms with Crippen LogP contribution in [0.25, 0.3) is 6.08 Å². The third-order valence-corrected chi connectivity index (χ3v) is 4.18. The maximum Gasteiger partial charge on any atom is 0.344 e. The Bertz CT molecular complexity index is 969. The largest absolute Gasteiger partial charge is 0.481 e. The molecule has 1 aliphatic rings. The number of hydrogen-bond acceptors (Lipinski definition) is 5. The number of fused-ring (bicyclic) bond motifs is 1. The summed E-state index contributed by atoms with van der Waals surface area (Å²) in [6.07, 6.45) is 1.65. The minimum Gasteiger partial charge on any atom is -0.481 e. The molecule has 3 rings (SSSR count). The zero-order valence-electron chi connectivity index (χ0n) is 16.2. The van der Waals surface area contributed by atoms with E-state index >= 15 is 0 Å². The Morgan fingerprint density at radius 3 is 2.64 bits per heavy atom. The Balaban J connectivity index is 1.78. The van der Waals surface area contributed by atoms with Crippen molar-refractivity contribution >= 4 is 29.4 Å². The van der Waals surface area contributed by atoms with Crippen LogP contribution in [0.2, 0.25) is 5.02 Å². The number of esters is 1. The number of carbonyl (C=O) groups excluding carboxylic acids is 2. The molecule has 0 amide bonds. The fourth-order valence-electron chi connectivity index (χ4n) is 2.78. The molecule has 0 unspecified atom stereocenters. The fourth-order valence-corrected chi connectivity index (χ4v) is 2.98. The first-order valence-electron chi connectivity index (χ1n) is 8.82. The Kier molecular flexibility index (Phi) is 5.47. The summed E-state index contributed by atoms with van der Waals surface area (Å²) in [7, 11) is 0. The fraction of sp³-hybridized carbons (Fsp3) is 0.273. The molecule has 2 aromatic carbocycles. The minimum atomic E-state index is -0.580. The summed E-state index contributed by atoms with van der Waals surface area (Å²) >= 11 is 5.99. The van der Waals surface area contributed by atoms with E-state index in [2.05, 4.69) is 0 Å². The standard InChI is InChI=1S/C22H21ClO5/c1-13-17(26-12-19(24)28-22(2,3)4)9-8-16-20(25)18(27-21(13)16)11-14-6-5-7-15(23)10-14/h5-11H,12H2,1-4H3/b18-11-. The van der Waals surface area contributed by atoms with E-state index in [1.165, 1.54) is 0 Å². The van der Waals surface area contributed by atoms with Crippen molar-refractivity contribution in [2.75, 3.05) is 6.61 Å². The molecule has 0 N–H and O–H groups in total. The molecule has 0 bridgehead atoms. The molecule has 0 spiro atoms. The molecule has 0 fully saturated rings. The molecule has 6 heteroatoms. The second-order valence-electron chi connectivity index (χ2n) is 7.44. The summed E-state index contributed by atoms with van der Waals surface area (Å²) < 4.78 is 16.6. The number of ether oxygens (including phenoxy) is 3. The molecule has 28 heavy (non-hydrogen) atoms. The SMILES string of the molecule is Cc1c(OCC(=O)OC(C)(C)C)ccc2c1O/C(=C\c1cccc(Cl)c1)C2=O. The van der Waals surface area contributed by atoms with Crippen molar-refractivity contribution in [1.82, 2.24) is 0 Å². The van der Waals surface area contributed by atoms with E-state index < -0.39 is 11.6 Å². The van der Waals surface area contributed by atoms with Gasteiger partial charge in [-0.05, 0) is 63.6 Å². The van der Waals surface area contributed by atoms with Gasteiger partial charge in [-0.25, -0.2) is 4.79 Å². The Hall–Kier alpha value is -2.79. The second-order valence-corrected chi connectivity index (χ2v) is 7.87. The first kappa shape index (κ1) is 20.0. The van der Waals surface area contributed by atoms with Gasteiger partial charge in [0.05, 0.1) is 5.56 Å². The maximum absolute atomic E-state index is 12.6. The molecule has 0 radical (unpaired) electrons. The van der Waals surface area contributed by atoms with Gasteiger partial charge < -0.3 is 14.2 Å². The normalized spacial score (nSPS) is 14.6. The van der Waals surface area contributed by atoms with Crippen molar-refractivity contribution in [2.24, 2.45) is 0 Å². The van der Waals surface area contributed by atoms with Crippen LogP contribution in [0.15, 0.2) is 42.2 Å². The van der Waals surface area contributed by atoms with E-state index in [1.807, 2.05) is 6.07 Å². The highest BCUT2D eigenvalue weighted by Crippen LogP contribution is 2.39. The van der Waals surface area contributed by atoms with Crippen LogP contribution in [0.3, 0.4) is 0 Å². The van der Waals surface area contributed by atoms with Gasteiger partial charge in [-0.2, -0.15) is 0 Å². The van der Waals surface area contributed by atoms with Crippen LogP contribution in [0.5, 0.6) is 11.5 Å². The lowest BCUT2D eigenvalue weighted by atomic mass is 10.1. The Morgan fingerprint density at radius 2 is 1.96 bits per heavy atom. The number of ketones is 1. The quantitative estimate of drug-likeness (QED) is 0.534. The monoisotopic (exact) mass is 400 g/mol. The molecular weight excluding hydrogens is 380 g/mol. The number of carbonyl (C=O) groups is 2. The van der Waals surface area contributed by atoms with Gasteiger partial charge in [0.25, 0.3) is 0 Å². The van der Waals surface area contributed by atoms with Crippen LogP contribution in [0.4, 0.5) is 0 Å². The lowest BCUT2D eigenvalue weighted by Crippen LogP contribution is -2.27. The van der Waals surface area contributed by atoms with E-state index in [1.54, 1.807) is 64.1 Å². The molecular formula is C22H21ClO5. The summed E-state index contributed by atoms with van der Waals surface area (Å²) in [5, 5.41) is 0.575. The number of Topliss-reactive ketones (excluding diaryl/α,β-unsaturated/α-hetero) is 1. The van der Waals surface area contributed by atoms with Crippen LogP contribution in [-0.2, 0) is 9.53 Å². The molecule has 2 aromatic rings. The van der Waals surface area contributed by atoms with Crippen molar-refractivity contribution in [3.8, 4) is 11.5 Å². The van der Waals surface area contributed by atoms with Crippen molar-refractivity contribution in [2.45, 2.75) is 33.3 Å². The number of halogens is 1. The molecule has 1 heterocycles. The smallest absolute Gasteiger partial charge is 0.344 e. The summed E-state index contributed by atoms with van der Waals surface area (Å²) in [5.41, 5.74) is 1.28. The topological polar surface area (TPSA) is 61.8 Å². The Morgan fingerprint density at radius 1 is 1.21 bits per heavy atom. The van der Waals surface area contributed by atoms with Gasteiger partial charge in [-0.15, -0.1) is 0 Å². The van der Waals surface area contributed by atoms with E-state index in [4.69, 9.17) is 25.8 Å².